The molecule has 0 aromatic carbocycles. The molecule has 0 spiro atoms. The molecule has 0 fully saturated rings. The van der Waals surface area contributed by atoms with Crippen molar-refractivity contribution >= 4 is 11.6 Å². The first-order valence-electron chi connectivity index (χ1n) is 3.44. The largest absolute Gasteiger partial charge is 0.418 e. The van der Waals surface area contributed by atoms with Crippen LogP contribution in [0.1, 0.15) is 17.6 Å². The van der Waals surface area contributed by atoms with Gasteiger partial charge in [0.25, 0.3) is 6.43 Å². The molecule has 0 saturated carbocycles. The van der Waals surface area contributed by atoms with Gasteiger partial charge in [-0.1, -0.05) is 11.6 Å². The van der Waals surface area contributed by atoms with E-state index in [1.54, 1.807) is 0 Å². The summed E-state index contributed by atoms with van der Waals surface area (Å²) in [4.78, 5) is 2.70. The number of aromatic nitrogens is 1. The van der Waals surface area contributed by atoms with Crippen molar-refractivity contribution in [2.45, 2.75) is 12.6 Å². The zero-order chi connectivity index (χ0) is 11.8. The summed E-state index contributed by atoms with van der Waals surface area (Å²) in [6.07, 6.45) is -8.44. The van der Waals surface area contributed by atoms with Crippen LogP contribution >= 0.6 is 11.6 Å². The number of halogens is 7. The summed E-state index contributed by atoms with van der Waals surface area (Å²) in [6.45, 7) is 0. The number of alkyl halides is 5. The molecule has 84 valence electrons. The van der Waals surface area contributed by atoms with Crippen molar-refractivity contribution in [2.24, 2.45) is 0 Å². The second-order valence-corrected chi connectivity index (χ2v) is 2.89. The highest BCUT2D eigenvalue weighted by Crippen LogP contribution is 2.40. The van der Waals surface area contributed by atoms with E-state index in [4.69, 9.17) is 11.6 Å². The molecule has 1 aromatic heterocycles. The molecule has 0 saturated heterocycles. The van der Waals surface area contributed by atoms with Crippen LogP contribution in [0.3, 0.4) is 0 Å². The minimum Gasteiger partial charge on any atom is -0.226 e. The lowest BCUT2D eigenvalue weighted by atomic mass is 10.1. The molecule has 0 atom stereocenters. The van der Waals surface area contributed by atoms with E-state index in [1.165, 1.54) is 0 Å². The fraction of sp³-hybridized carbons (Fsp3) is 0.286. The first kappa shape index (κ1) is 12.1. The van der Waals surface area contributed by atoms with Gasteiger partial charge in [0.2, 0.25) is 5.95 Å². The van der Waals surface area contributed by atoms with E-state index in [9.17, 15) is 26.3 Å². The van der Waals surface area contributed by atoms with Crippen LogP contribution in [0.15, 0.2) is 6.20 Å². The number of nitrogens with zero attached hydrogens (tertiary/aromatic N) is 1. The molecule has 1 heterocycles. The van der Waals surface area contributed by atoms with Gasteiger partial charge in [-0.05, 0) is 0 Å². The Balaban J connectivity index is 3.53. The van der Waals surface area contributed by atoms with Crippen molar-refractivity contribution in [2.75, 3.05) is 0 Å². The average molecular weight is 250 g/mol. The Labute approximate surface area is 84.7 Å². The Morgan fingerprint density at radius 3 is 2.13 bits per heavy atom. The molecule has 0 N–H and O–H groups in total. The van der Waals surface area contributed by atoms with Crippen molar-refractivity contribution < 1.29 is 26.3 Å². The highest BCUT2D eigenvalue weighted by atomic mass is 35.5. The molecule has 0 aliphatic rings. The zero-order valence-electron chi connectivity index (χ0n) is 6.75. The third kappa shape index (κ3) is 2.34. The van der Waals surface area contributed by atoms with Crippen LogP contribution in [-0.2, 0) is 6.18 Å². The van der Waals surface area contributed by atoms with E-state index in [-0.39, 0.29) is 0 Å². The van der Waals surface area contributed by atoms with E-state index in [1.807, 2.05) is 0 Å². The monoisotopic (exact) mass is 249 g/mol. The molecule has 1 rings (SSSR count). The van der Waals surface area contributed by atoms with E-state index < -0.39 is 34.7 Å². The van der Waals surface area contributed by atoms with Crippen molar-refractivity contribution in [1.29, 1.82) is 0 Å². The molecular formula is C7H2ClF6N. The highest BCUT2D eigenvalue weighted by Gasteiger charge is 2.40. The molecule has 8 heteroatoms. The first-order valence-corrected chi connectivity index (χ1v) is 3.82. The maximum Gasteiger partial charge on any atom is 0.418 e. The normalized spacial score (nSPS) is 12.3. The Bertz CT molecular complexity index is 374. The lowest BCUT2D eigenvalue weighted by Crippen LogP contribution is -2.13. The number of rotatable bonds is 1. The second-order valence-electron chi connectivity index (χ2n) is 2.48. The molecule has 0 amide bonds. The van der Waals surface area contributed by atoms with Crippen molar-refractivity contribution in [1.82, 2.24) is 4.98 Å². The van der Waals surface area contributed by atoms with Gasteiger partial charge in [-0.15, -0.1) is 0 Å². The van der Waals surface area contributed by atoms with Crippen LogP contribution in [0.4, 0.5) is 26.3 Å². The molecule has 1 aromatic rings. The number of pyridine rings is 1. The maximum atomic E-state index is 12.7. The maximum absolute atomic E-state index is 12.7. The Hall–Kier alpha value is -0.980. The number of hydrogen-bond acceptors (Lipinski definition) is 1. The van der Waals surface area contributed by atoms with Crippen molar-refractivity contribution in [3.05, 3.63) is 28.3 Å². The predicted molar refractivity (Wildman–Crippen MR) is 39.2 cm³/mol. The molecule has 0 radical (unpaired) electrons. The molecule has 0 unspecified atom stereocenters. The van der Waals surface area contributed by atoms with Gasteiger partial charge < -0.3 is 0 Å². The molecular weight excluding hydrogens is 248 g/mol. The Morgan fingerprint density at radius 2 is 1.80 bits per heavy atom. The van der Waals surface area contributed by atoms with Crippen LogP contribution in [0.5, 0.6) is 0 Å². The summed E-state index contributed by atoms with van der Waals surface area (Å²) in [6, 6.07) is 0. The van der Waals surface area contributed by atoms with E-state index in [2.05, 4.69) is 4.98 Å². The summed E-state index contributed by atoms with van der Waals surface area (Å²) in [5.41, 5.74) is -3.71. The van der Waals surface area contributed by atoms with Crippen LogP contribution in [0.25, 0.3) is 0 Å². The van der Waals surface area contributed by atoms with Gasteiger partial charge in [0, 0.05) is 6.20 Å². The summed E-state index contributed by atoms with van der Waals surface area (Å²) >= 11 is 5.05. The fourth-order valence-corrected chi connectivity index (χ4v) is 1.22. The SMILES string of the molecule is Fc1ncc(Cl)c(C(F)(F)F)c1C(F)F. The van der Waals surface area contributed by atoms with Crippen LogP contribution in [-0.4, -0.2) is 4.98 Å². The van der Waals surface area contributed by atoms with E-state index >= 15 is 0 Å². The van der Waals surface area contributed by atoms with Gasteiger partial charge in [-0.25, -0.2) is 13.8 Å². The zero-order valence-corrected chi connectivity index (χ0v) is 7.50. The smallest absolute Gasteiger partial charge is 0.226 e. The standard InChI is InChI=1S/C7H2ClF6N/c8-2-1-15-6(11)3(5(9)10)4(2)7(12,13)14/h1,5H. The summed E-state index contributed by atoms with van der Waals surface area (Å²) in [5, 5.41) is -1.06. The minimum atomic E-state index is -5.15. The van der Waals surface area contributed by atoms with Crippen LogP contribution < -0.4 is 0 Å². The molecule has 0 bridgehead atoms. The Kier molecular flexibility index (Phi) is 3.13. The summed E-state index contributed by atoms with van der Waals surface area (Å²) in [7, 11) is 0. The predicted octanol–water partition coefficient (Wildman–Crippen LogP) is 3.83. The van der Waals surface area contributed by atoms with E-state index in [0.29, 0.717) is 6.20 Å². The van der Waals surface area contributed by atoms with Gasteiger partial charge in [0.1, 0.15) is 0 Å². The molecule has 0 aliphatic heterocycles. The van der Waals surface area contributed by atoms with Gasteiger partial charge >= 0.3 is 6.18 Å². The van der Waals surface area contributed by atoms with Crippen molar-refractivity contribution in [3.8, 4) is 0 Å². The summed E-state index contributed by atoms with van der Waals surface area (Å²) < 4.78 is 73.7. The lowest BCUT2D eigenvalue weighted by Gasteiger charge is -2.13. The minimum absolute atomic E-state index is 0.339. The first-order chi connectivity index (χ1) is 6.75. The van der Waals surface area contributed by atoms with Crippen LogP contribution in [0.2, 0.25) is 5.02 Å². The topological polar surface area (TPSA) is 12.9 Å². The summed E-state index contributed by atoms with van der Waals surface area (Å²) in [5.74, 6) is -1.87. The molecule has 0 aliphatic carbocycles. The second kappa shape index (κ2) is 3.88. The van der Waals surface area contributed by atoms with Crippen molar-refractivity contribution in [3.63, 3.8) is 0 Å². The fourth-order valence-electron chi connectivity index (χ4n) is 0.966. The van der Waals surface area contributed by atoms with Crippen LogP contribution in [0, 0.1) is 5.95 Å². The van der Waals surface area contributed by atoms with Gasteiger partial charge in [-0.3, -0.25) is 0 Å². The third-order valence-electron chi connectivity index (χ3n) is 1.52. The lowest BCUT2D eigenvalue weighted by molar-refractivity contribution is -0.139. The van der Waals surface area contributed by atoms with Gasteiger partial charge in [0.05, 0.1) is 16.1 Å². The molecule has 1 nitrogen and oxygen atoms in total. The van der Waals surface area contributed by atoms with Gasteiger partial charge in [0.15, 0.2) is 0 Å². The van der Waals surface area contributed by atoms with E-state index in [0.717, 1.165) is 0 Å². The Morgan fingerprint density at radius 1 is 1.27 bits per heavy atom. The molecule has 15 heavy (non-hydrogen) atoms. The van der Waals surface area contributed by atoms with Gasteiger partial charge in [-0.2, -0.15) is 17.6 Å². The highest BCUT2D eigenvalue weighted by molar-refractivity contribution is 6.31. The average Bonchev–Trinajstić information content (AvgIpc) is 2.05. The number of hydrogen-bond donors (Lipinski definition) is 0. The quantitative estimate of drug-likeness (QED) is 0.544. The third-order valence-corrected chi connectivity index (χ3v) is 1.81.